The van der Waals surface area contributed by atoms with Crippen molar-refractivity contribution in [3.05, 3.63) is 151 Å². The fourth-order valence-electron chi connectivity index (χ4n) is 7.38. The van der Waals surface area contributed by atoms with Gasteiger partial charge in [-0.05, 0) is 71.3 Å². The number of aromatic nitrogens is 1. The van der Waals surface area contributed by atoms with E-state index >= 15 is 0 Å². The molecule has 47 heavy (non-hydrogen) atoms. The fraction of sp³-hybridized carbons (Fsp3) is 0. The number of rotatable bonds is 3. The molecule has 0 atom stereocenters. The van der Waals surface area contributed by atoms with E-state index in [9.17, 15) is 5.26 Å². The van der Waals surface area contributed by atoms with E-state index in [0.29, 0.717) is 5.56 Å². The number of nitrogens with zero attached hydrogens (tertiary/aromatic N) is 2. The van der Waals surface area contributed by atoms with E-state index in [2.05, 4.69) is 120 Å². The zero-order chi connectivity index (χ0) is 31.1. The van der Waals surface area contributed by atoms with E-state index in [4.69, 9.17) is 8.83 Å². The topological polar surface area (TPSA) is 55.0 Å². The van der Waals surface area contributed by atoms with Crippen LogP contribution in [-0.2, 0) is 0 Å². The van der Waals surface area contributed by atoms with Crippen molar-refractivity contribution in [3.63, 3.8) is 0 Å². The van der Waals surface area contributed by atoms with Crippen molar-refractivity contribution in [2.45, 2.75) is 0 Å². The van der Waals surface area contributed by atoms with Gasteiger partial charge in [0.15, 0.2) is 0 Å². The molecule has 0 saturated carbocycles. The first-order valence-electron chi connectivity index (χ1n) is 15.7. The van der Waals surface area contributed by atoms with E-state index in [0.717, 1.165) is 93.6 Å². The normalized spacial score (nSPS) is 11.8. The van der Waals surface area contributed by atoms with Crippen molar-refractivity contribution in [1.29, 1.82) is 5.26 Å². The predicted molar refractivity (Wildman–Crippen MR) is 191 cm³/mol. The predicted octanol–water partition coefficient (Wildman–Crippen LogP) is 11.8. The van der Waals surface area contributed by atoms with Crippen LogP contribution in [-0.4, -0.2) is 4.57 Å². The minimum absolute atomic E-state index is 0.614. The van der Waals surface area contributed by atoms with Crippen molar-refractivity contribution in [1.82, 2.24) is 4.57 Å². The van der Waals surface area contributed by atoms with Crippen LogP contribution in [0.1, 0.15) is 5.56 Å². The molecular weight excluding hydrogens is 576 g/mol. The molecule has 10 aromatic rings. The van der Waals surface area contributed by atoms with Gasteiger partial charge in [-0.25, -0.2) is 0 Å². The summed E-state index contributed by atoms with van der Waals surface area (Å²) in [5, 5.41) is 16.9. The zero-order valence-electron chi connectivity index (χ0n) is 25.1. The second-order valence-electron chi connectivity index (χ2n) is 12.0. The van der Waals surface area contributed by atoms with Crippen LogP contribution in [0.15, 0.2) is 154 Å². The Labute approximate surface area is 268 Å². The molecule has 4 heteroatoms. The maximum atomic E-state index is 10.4. The minimum Gasteiger partial charge on any atom is -0.456 e. The smallest absolute Gasteiger partial charge is 0.136 e. The average molecular weight is 601 g/mol. The van der Waals surface area contributed by atoms with Gasteiger partial charge in [-0.2, -0.15) is 5.26 Å². The lowest BCUT2D eigenvalue weighted by Gasteiger charge is -2.16. The van der Waals surface area contributed by atoms with Crippen LogP contribution in [0.25, 0.3) is 93.6 Å². The molecule has 0 spiro atoms. The highest BCUT2D eigenvalue weighted by molar-refractivity contribution is 6.26. The van der Waals surface area contributed by atoms with Crippen molar-refractivity contribution < 1.29 is 8.83 Å². The first kappa shape index (κ1) is 25.7. The third kappa shape index (κ3) is 3.69. The standard InChI is InChI=1S/C43H24N2O2/c44-25-29-11-8-14-30(43(29)45-35-15-6-4-12-31(35)32-13-5-7-16-36(32)45)28-18-20-38-34(24-28)42-40(47-38)22-21-39-41(42)33-23-27(17-19-37(33)46-39)26-9-2-1-3-10-26/h1-24H. The Morgan fingerprint density at radius 1 is 0.447 bits per heavy atom. The maximum Gasteiger partial charge on any atom is 0.136 e. The van der Waals surface area contributed by atoms with Crippen LogP contribution in [0.2, 0.25) is 0 Å². The van der Waals surface area contributed by atoms with E-state index < -0.39 is 0 Å². The molecule has 3 aromatic heterocycles. The Morgan fingerprint density at radius 3 is 1.64 bits per heavy atom. The summed E-state index contributed by atoms with van der Waals surface area (Å²) in [4.78, 5) is 0. The number of para-hydroxylation sites is 3. The highest BCUT2D eigenvalue weighted by Crippen LogP contribution is 2.43. The van der Waals surface area contributed by atoms with Gasteiger partial charge in [0.05, 0.1) is 22.3 Å². The molecular formula is C43H24N2O2. The molecule has 0 saturated heterocycles. The van der Waals surface area contributed by atoms with Gasteiger partial charge in [-0.15, -0.1) is 0 Å². The van der Waals surface area contributed by atoms with Crippen molar-refractivity contribution in [2.75, 3.05) is 0 Å². The van der Waals surface area contributed by atoms with E-state index in [1.807, 2.05) is 36.4 Å². The van der Waals surface area contributed by atoms with Gasteiger partial charge in [0.25, 0.3) is 0 Å². The van der Waals surface area contributed by atoms with Gasteiger partial charge < -0.3 is 13.4 Å². The number of fused-ring (bicyclic) bond motifs is 10. The Kier molecular flexibility index (Phi) is 5.32. The Bertz CT molecular complexity index is 2860. The summed E-state index contributed by atoms with van der Waals surface area (Å²) in [5.41, 5.74) is 11.2. The van der Waals surface area contributed by atoms with Gasteiger partial charge in [0, 0.05) is 37.9 Å². The van der Waals surface area contributed by atoms with Crippen LogP contribution in [0, 0.1) is 11.3 Å². The van der Waals surface area contributed by atoms with Gasteiger partial charge in [-0.3, -0.25) is 0 Å². The number of benzene rings is 7. The zero-order valence-corrected chi connectivity index (χ0v) is 25.1. The lowest BCUT2D eigenvalue weighted by Crippen LogP contribution is -2.00. The second-order valence-corrected chi connectivity index (χ2v) is 12.0. The van der Waals surface area contributed by atoms with Gasteiger partial charge in [-0.1, -0.05) is 91.0 Å². The Balaban J connectivity index is 1.27. The molecule has 0 aliphatic carbocycles. The third-order valence-electron chi connectivity index (χ3n) is 9.44. The summed E-state index contributed by atoms with van der Waals surface area (Å²) in [6.07, 6.45) is 0. The lowest BCUT2D eigenvalue weighted by atomic mass is 9.97. The van der Waals surface area contributed by atoms with E-state index in [1.165, 1.54) is 0 Å². The van der Waals surface area contributed by atoms with Gasteiger partial charge >= 0.3 is 0 Å². The largest absolute Gasteiger partial charge is 0.456 e. The molecule has 3 heterocycles. The first-order valence-corrected chi connectivity index (χ1v) is 15.7. The molecule has 0 bridgehead atoms. The fourth-order valence-corrected chi connectivity index (χ4v) is 7.38. The quantitative estimate of drug-likeness (QED) is 0.203. The molecule has 0 amide bonds. The monoisotopic (exact) mass is 600 g/mol. The SMILES string of the molecule is N#Cc1cccc(-c2ccc3oc4ccc5oc6ccc(-c7ccccc7)cc6c5c4c3c2)c1-n1c2ccccc2c2ccccc21. The number of nitriles is 1. The molecule has 7 aromatic carbocycles. The molecule has 218 valence electrons. The first-order chi connectivity index (χ1) is 23.3. The van der Waals surface area contributed by atoms with Gasteiger partial charge in [0.1, 0.15) is 28.4 Å². The summed E-state index contributed by atoms with van der Waals surface area (Å²) in [5.74, 6) is 0. The molecule has 0 unspecified atom stereocenters. The highest BCUT2D eigenvalue weighted by Gasteiger charge is 2.21. The molecule has 4 nitrogen and oxygen atoms in total. The molecule has 0 radical (unpaired) electrons. The summed E-state index contributed by atoms with van der Waals surface area (Å²) in [6.45, 7) is 0. The minimum atomic E-state index is 0.614. The van der Waals surface area contributed by atoms with Crippen LogP contribution < -0.4 is 0 Å². The molecule has 0 fully saturated rings. The number of hydrogen-bond donors (Lipinski definition) is 0. The molecule has 10 rings (SSSR count). The number of hydrogen-bond acceptors (Lipinski definition) is 3. The highest BCUT2D eigenvalue weighted by atomic mass is 16.3. The average Bonchev–Trinajstić information content (AvgIpc) is 3.80. The van der Waals surface area contributed by atoms with Crippen LogP contribution in [0.3, 0.4) is 0 Å². The van der Waals surface area contributed by atoms with Crippen LogP contribution in [0.5, 0.6) is 0 Å². The number of furan rings is 2. The summed E-state index contributed by atoms with van der Waals surface area (Å²) in [7, 11) is 0. The van der Waals surface area contributed by atoms with Crippen LogP contribution >= 0.6 is 0 Å². The molecule has 0 aliphatic rings. The van der Waals surface area contributed by atoms with Crippen LogP contribution in [0.4, 0.5) is 0 Å². The summed E-state index contributed by atoms with van der Waals surface area (Å²) >= 11 is 0. The van der Waals surface area contributed by atoms with Crippen molar-refractivity contribution in [3.8, 4) is 34.0 Å². The Hall–Kier alpha value is -6.57. The van der Waals surface area contributed by atoms with E-state index in [-0.39, 0.29) is 0 Å². The van der Waals surface area contributed by atoms with Crippen molar-refractivity contribution in [2.24, 2.45) is 0 Å². The van der Waals surface area contributed by atoms with E-state index in [1.54, 1.807) is 0 Å². The Morgan fingerprint density at radius 2 is 1.00 bits per heavy atom. The summed E-state index contributed by atoms with van der Waals surface area (Å²) < 4.78 is 15.1. The second kappa shape index (κ2) is 9.71. The lowest BCUT2D eigenvalue weighted by molar-refractivity contribution is 0.663. The summed E-state index contributed by atoms with van der Waals surface area (Å²) in [6, 6.07) is 52.4. The third-order valence-corrected chi connectivity index (χ3v) is 9.44. The van der Waals surface area contributed by atoms with Gasteiger partial charge in [0.2, 0.25) is 0 Å². The maximum absolute atomic E-state index is 10.4. The molecule has 0 N–H and O–H groups in total. The van der Waals surface area contributed by atoms with Crippen molar-refractivity contribution >= 4 is 65.7 Å². The molecule has 0 aliphatic heterocycles.